The lowest BCUT2D eigenvalue weighted by molar-refractivity contribution is -0.121. The van der Waals surface area contributed by atoms with E-state index in [0.717, 1.165) is 12.8 Å². The summed E-state index contributed by atoms with van der Waals surface area (Å²) in [6.07, 6.45) is 1.71. The molecule has 0 atom stereocenters. The predicted octanol–water partition coefficient (Wildman–Crippen LogP) is 1.09. The molecule has 0 N–H and O–H groups in total. The maximum Gasteiger partial charge on any atom is 0.265 e. The summed E-state index contributed by atoms with van der Waals surface area (Å²) < 4.78 is 37.5. The fourth-order valence-electron chi connectivity index (χ4n) is 3.14. The summed E-state index contributed by atoms with van der Waals surface area (Å²) in [6.45, 7) is 2.65. The molecule has 1 saturated heterocycles. The molecule has 9 nitrogen and oxygen atoms in total. The SMILES string of the molecule is Cc1nc(CN2C(=O)COc3ccc(S(=O)(=O)N4CCCC4)cc32)no1. The van der Waals surface area contributed by atoms with Gasteiger partial charge in [-0.25, -0.2) is 8.42 Å². The highest BCUT2D eigenvalue weighted by molar-refractivity contribution is 7.89. The summed E-state index contributed by atoms with van der Waals surface area (Å²) in [5.41, 5.74) is 0.393. The third-order valence-electron chi connectivity index (χ3n) is 4.45. The van der Waals surface area contributed by atoms with Gasteiger partial charge in [-0.15, -0.1) is 0 Å². The number of sulfonamides is 1. The maximum absolute atomic E-state index is 12.8. The Kier molecular flexibility index (Phi) is 4.16. The molecule has 4 rings (SSSR count). The van der Waals surface area contributed by atoms with E-state index in [4.69, 9.17) is 9.26 Å². The van der Waals surface area contributed by atoms with Crippen LogP contribution in [0.3, 0.4) is 0 Å². The second-order valence-electron chi connectivity index (χ2n) is 6.24. The van der Waals surface area contributed by atoms with Crippen LogP contribution in [0.5, 0.6) is 5.75 Å². The zero-order valence-corrected chi connectivity index (χ0v) is 15.0. The molecule has 0 bridgehead atoms. The molecule has 0 unspecified atom stereocenters. The molecule has 2 aromatic rings. The van der Waals surface area contributed by atoms with Gasteiger partial charge in [0.05, 0.1) is 17.1 Å². The van der Waals surface area contributed by atoms with Crippen molar-refractivity contribution in [3.8, 4) is 5.75 Å². The molecule has 0 spiro atoms. The van der Waals surface area contributed by atoms with E-state index in [0.29, 0.717) is 36.2 Å². The van der Waals surface area contributed by atoms with Gasteiger partial charge in [-0.1, -0.05) is 5.16 Å². The monoisotopic (exact) mass is 378 g/mol. The fraction of sp³-hybridized carbons (Fsp3) is 0.438. The van der Waals surface area contributed by atoms with Gasteiger partial charge >= 0.3 is 0 Å². The van der Waals surface area contributed by atoms with Gasteiger partial charge in [-0.05, 0) is 31.0 Å². The molecular weight excluding hydrogens is 360 g/mol. The standard InChI is InChI=1S/C16H18N4O5S/c1-11-17-15(18-25-11)9-20-13-8-12(4-5-14(13)24-10-16(20)21)26(22,23)19-6-2-3-7-19/h4-5,8H,2-3,6-7,9-10H2,1H3. The lowest BCUT2D eigenvalue weighted by atomic mass is 10.2. The van der Waals surface area contributed by atoms with Crippen molar-refractivity contribution in [3.63, 3.8) is 0 Å². The Hall–Kier alpha value is -2.46. The fourth-order valence-corrected chi connectivity index (χ4v) is 4.68. The Morgan fingerprint density at radius 2 is 2.00 bits per heavy atom. The highest BCUT2D eigenvalue weighted by Gasteiger charge is 2.32. The lowest BCUT2D eigenvalue weighted by Gasteiger charge is -2.29. The normalized spacial score (nSPS) is 18.0. The third-order valence-corrected chi connectivity index (χ3v) is 6.34. The van der Waals surface area contributed by atoms with Crippen LogP contribution in [0.4, 0.5) is 5.69 Å². The van der Waals surface area contributed by atoms with Crippen molar-refractivity contribution < 1.29 is 22.5 Å². The summed E-state index contributed by atoms with van der Waals surface area (Å²) in [4.78, 5) is 18.0. The van der Waals surface area contributed by atoms with E-state index in [1.54, 1.807) is 13.0 Å². The van der Waals surface area contributed by atoms with Crippen LogP contribution in [0.25, 0.3) is 0 Å². The first kappa shape index (κ1) is 17.0. The van der Waals surface area contributed by atoms with E-state index in [1.165, 1.54) is 21.3 Å². The highest BCUT2D eigenvalue weighted by atomic mass is 32.2. The maximum atomic E-state index is 12.8. The van der Waals surface area contributed by atoms with Crippen molar-refractivity contribution in [2.24, 2.45) is 0 Å². The Morgan fingerprint density at radius 3 is 2.69 bits per heavy atom. The molecule has 2 aliphatic rings. The van der Waals surface area contributed by atoms with Crippen molar-refractivity contribution in [2.75, 3.05) is 24.6 Å². The summed E-state index contributed by atoms with van der Waals surface area (Å²) >= 11 is 0. The van der Waals surface area contributed by atoms with Gasteiger partial charge < -0.3 is 9.26 Å². The van der Waals surface area contributed by atoms with Gasteiger partial charge in [0.1, 0.15) is 5.75 Å². The number of hydrogen-bond acceptors (Lipinski definition) is 7. The van der Waals surface area contributed by atoms with Gasteiger partial charge in [0.15, 0.2) is 12.4 Å². The number of amides is 1. The highest BCUT2D eigenvalue weighted by Crippen LogP contribution is 2.36. The number of hydrogen-bond donors (Lipinski definition) is 0. The quantitative estimate of drug-likeness (QED) is 0.784. The Bertz CT molecular complexity index is 949. The number of aromatic nitrogens is 2. The molecule has 138 valence electrons. The summed E-state index contributed by atoms with van der Waals surface area (Å²) in [7, 11) is -3.59. The topological polar surface area (TPSA) is 106 Å². The first-order valence-electron chi connectivity index (χ1n) is 8.32. The largest absolute Gasteiger partial charge is 0.482 e. The smallest absolute Gasteiger partial charge is 0.265 e. The van der Waals surface area contributed by atoms with Gasteiger partial charge in [0, 0.05) is 20.0 Å². The Labute approximate surface area is 150 Å². The minimum atomic E-state index is -3.59. The number of aryl methyl sites for hydroxylation is 1. The van der Waals surface area contributed by atoms with Crippen molar-refractivity contribution in [2.45, 2.75) is 31.2 Å². The Morgan fingerprint density at radius 1 is 1.23 bits per heavy atom. The number of benzene rings is 1. The van der Waals surface area contributed by atoms with Crippen LogP contribution in [-0.4, -0.2) is 48.5 Å². The molecule has 1 aromatic heterocycles. The molecule has 0 saturated carbocycles. The van der Waals surface area contributed by atoms with Crippen LogP contribution in [0.15, 0.2) is 27.6 Å². The number of nitrogens with zero attached hydrogens (tertiary/aromatic N) is 4. The minimum Gasteiger partial charge on any atom is -0.482 e. The number of fused-ring (bicyclic) bond motifs is 1. The third kappa shape index (κ3) is 2.95. The van der Waals surface area contributed by atoms with Gasteiger partial charge in [0.25, 0.3) is 5.91 Å². The number of carbonyl (C=O) groups excluding carboxylic acids is 1. The van der Waals surface area contributed by atoms with Crippen LogP contribution in [0.2, 0.25) is 0 Å². The molecule has 1 amide bonds. The zero-order valence-electron chi connectivity index (χ0n) is 14.2. The van der Waals surface area contributed by atoms with Crippen molar-refractivity contribution in [1.29, 1.82) is 0 Å². The number of ether oxygens (including phenoxy) is 1. The van der Waals surface area contributed by atoms with E-state index in [1.807, 2.05) is 0 Å². The predicted molar refractivity (Wildman–Crippen MR) is 90.2 cm³/mol. The molecule has 3 heterocycles. The molecular formula is C16H18N4O5S. The van der Waals surface area contributed by atoms with Crippen molar-refractivity contribution in [1.82, 2.24) is 14.4 Å². The molecule has 1 aromatic carbocycles. The summed E-state index contributed by atoms with van der Waals surface area (Å²) in [5, 5.41) is 3.80. The average molecular weight is 378 g/mol. The second-order valence-corrected chi connectivity index (χ2v) is 8.18. The van der Waals surface area contributed by atoms with Crippen LogP contribution in [-0.2, 0) is 21.4 Å². The number of rotatable bonds is 4. The van der Waals surface area contributed by atoms with Crippen LogP contribution < -0.4 is 9.64 Å². The molecule has 2 aliphatic heterocycles. The van der Waals surface area contributed by atoms with E-state index in [-0.39, 0.29) is 24.0 Å². The van der Waals surface area contributed by atoms with Crippen molar-refractivity contribution in [3.05, 3.63) is 29.9 Å². The minimum absolute atomic E-state index is 0.0831. The number of carbonyl (C=O) groups is 1. The molecule has 26 heavy (non-hydrogen) atoms. The van der Waals surface area contributed by atoms with Crippen LogP contribution >= 0.6 is 0 Å². The lowest BCUT2D eigenvalue weighted by Crippen LogP contribution is -2.38. The van der Waals surface area contributed by atoms with Gasteiger partial charge in [-0.2, -0.15) is 9.29 Å². The molecule has 1 fully saturated rings. The van der Waals surface area contributed by atoms with E-state index < -0.39 is 10.0 Å². The van der Waals surface area contributed by atoms with Crippen molar-refractivity contribution >= 4 is 21.6 Å². The first-order valence-corrected chi connectivity index (χ1v) is 9.76. The zero-order chi connectivity index (χ0) is 18.3. The van der Waals surface area contributed by atoms with Gasteiger partial charge in [-0.3, -0.25) is 9.69 Å². The van der Waals surface area contributed by atoms with Crippen LogP contribution in [0.1, 0.15) is 24.6 Å². The van der Waals surface area contributed by atoms with E-state index in [9.17, 15) is 13.2 Å². The van der Waals surface area contributed by atoms with Crippen LogP contribution in [0, 0.1) is 6.92 Å². The molecule has 10 heteroatoms. The molecule has 0 aliphatic carbocycles. The number of anilines is 1. The van der Waals surface area contributed by atoms with E-state index in [2.05, 4.69) is 10.1 Å². The Balaban J connectivity index is 1.71. The van der Waals surface area contributed by atoms with E-state index >= 15 is 0 Å². The second kappa shape index (κ2) is 6.36. The average Bonchev–Trinajstić information content (AvgIpc) is 3.29. The summed E-state index contributed by atoms with van der Waals surface area (Å²) in [5.74, 6) is 0.892. The molecule has 0 radical (unpaired) electrons. The first-order chi connectivity index (χ1) is 12.4. The van der Waals surface area contributed by atoms with Gasteiger partial charge in [0.2, 0.25) is 15.9 Å². The summed E-state index contributed by atoms with van der Waals surface area (Å²) in [6, 6.07) is 4.57.